The van der Waals surface area contributed by atoms with Gasteiger partial charge in [-0.2, -0.15) is 0 Å². The second kappa shape index (κ2) is 6.15. The highest BCUT2D eigenvalue weighted by molar-refractivity contribution is 7.18. The maximum Gasteiger partial charge on any atom is 0.166 e. The molecular formula is C17H16N2O2S. The molecule has 0 atom stereocenters. The molecule has 22 heavy (non-hydrogen) atoms. The molecule has 0 aliphatic heterocycles. The Labute approximate surface area is 132 Å². The molecule has 112 valence electrons. The molecule has 3 rings (SSSR count). The molecule has 1 aromatic heterocycles. The van der Waals surface area contributed by atoms with Crippen LogP contribution in [0.15, 0.2) is 41.4 Å². The first-order valence-corrected chi connectivity index (χ1v) is 7.85. The van der Waals surface area contributed by atoms with Crippen LogP contribution in [0.4, 0.5) is 5.69 Å². The topological polar surface area (TPSA) is 54.7 Å². The predicted octanol–water partition coefficient (Wildman–Crippen LogP) is 4.46. The average molecular weight is 312 g/mol. The third-order valence-electron chi connectivity index (χ3n) is 3.16. The van der Waals surface area contributed by atoms with Gasteiger partial charge in [-0.25, -0.2) is 4.98 Å². The van der Waals surface area contributed by atoms with Gasteiger partial charge in [0.05, 0.1) is 27.5 Å². The van der Waals surface area contributed by atoms with E-state index < -0.39 is 0 Å². The summed E-state index contributed by atoms with van der Waals surface area (Å²) in [6, 6.07) is 11.3. The van der Waals surface area contributed by atoms with E-state index >= 15 is 0 Å². The molecule has 0 spiro atoms. The first kappa shape index (κ1) is 14.5. The Morgan fingerprint density at radius 2 is 2.18 bits per heavy atom. The van der Waals surface area contributed by atoms with Gasteiger partial charge >= 0.3 is 0 Å². The quantitative estimate of drug-likeness (QED) is 0.724. The summed E-state index contributed by atoms with van der Waals surface area (Å²) < 4.78 is 6.48. The molecule has 0 aliphatic carbocycles. The number of rotatable bonds is 4. The minimum atomic E-state index is 0.114. The SMILES string of the molecule is CCOc1cccc(C=Nc2ccc3nc(C)sc3c2)c1O. The largest absolute Gasteiger partial charge is 0.504 e. The van der Waals surface area contributed by atoms with Gasteiger partial charge in [0.1, 0.15) is 0 Å². The fourth-order valence-electron chi connectivity index (χ4n) is 2.17. The average Bonchev–Trinajstić information content (AvgIpc) is 2.87. The maximum absolute atomic E-state index is 10.1. The number of nitrogens with zero attached hydrogens (tertiary/aromatic N) is 2. The summed E-state index contributed by atoms with van der Waals surface area (Å²) >= 11 is 1.65. The van der Waals surface area contributed by atoms with E-state index in [2.05, 4.69) is 9.98 Å². The van der Waals surface area contributed by atoms with Gasteiger partial charge in [0.15, 0.2) is 11.5 Å². The van der Waals surface area contributed by atoms with Crippen LogP contribution in [0.2, 0.25) is 0 Å². The maximum atomic E-state index is 10.1. The number of ether oxygens (including phenoxy) is 1. The van der Waals surface area contributed by atoms with Crippen molar-refractivity contribution in [3.8, 4) is 11.5 Å². The number of benzene rings is 2. The van der Waals surface area contributed by atoms with Crippen molar-refractivity contribution >= 4 is 33.5 Å². The number of phenolic OH excluding ortho intramolecular Hbond substituents is 1. The van der Waals surface area contributed by atoms with Crippen molar-refractivity contribution in [3.05, 3.63) is 47.0 Å². The van der Waals surface area contributed by atoms with Crippen LogP contribution in [0.1, 0.15) is 17.5 Å². The molecule has 4 nitrogen and oxygen atoms in total. The molecule has 0 fully saturated rings. The number of para-hydroxylation sites is 1. The number of aromatic hydroxyl groups is 1. The van der Waals surface area contributed by atoms with E-state index in [1.807, 2.05) is 38.1 Å². The molecule has 1 heterocycles. The minimum absolute atomic E-state index is 0.114. The van der Waals surface area contributed by atoms with Gasteiger partial charge in [-0.1, -0.05) is 6.07 Å². The Kier molecular flexibility index (Phi) is 4.06. The van der Waals surface area contributed by atoms with Crippen LogP contribution < -0.4 is 4.74 Å². The van der Waals surface area contributed by atoms with Crippen LogP contribution >= 0.6 is 11.3 Å². The van der Waals surface area contributed by atoms with E-state index in [0.717, 1.165) is 20.9 Å². The van der Waals surface area contributed by atoms with Crippen molar-refractivity contribution in [2.75, 3.05) is 6.61 Å². The Morgan fingerprint density at radius 3 is 3.00 bits per heavy atom. The standard InChI is InChI=1S/C17H16N2O2S/c1-3-21-15-6-4-5-12(17(15)20)10-18-13-7-8-14-16(9-13)22-11(2)19-14/h4-10,20H,3H2,1-2H3. The molecule has 0 saturated heterocycles. The Morgan fingerprint density at radius 1 is 1.32 bits per heavy atom. The number of aliphatic imine (C=N–C) groups is 1. The molecule has 0 bridgehead atoms. The van der Waals surface area contributed by atoms with Gasteiger partial charge in [0.25, 0.3) is 0 Å². The van der Waals surface area contributed by atoms with Gasteiger partial charge in [-0.3, -0.25) is 4.99 Å². The summed E-state index contributed by atoms with van der Waals surface area (Å²) in [6.07, 6.45) is 1.65. The fourth-order valence-corrected chi connectivity index (χ4v) is 3.03. The van der Waals surface area contributed by atoms with Crippen molar-refractivity contribution in [1.82, 2.24) is 4.98 Å². The number of thiazole rings is 1. The number of phenols is 1. The number of aryl methyl sites for hydroxylation is 1. The molecule has 5 heteroatoms. The van der Waals surface area contributed by atoms with Crippen LogP contribution in [0.5, 0.6) is 11.5 Å². The van der Waals surface area contributed by atoms with Crippen LogP contribution in [-0.2, 0) is 0 Å². The summed E-state index contributed by atoms with van der Waals surface area (Å²) in [4.78, 5) is 8.87. The normalized spacial score (nSPS) is 11.4. The minimum Gasteiger partial charge on any atom is -0.504 e. The van der Waals surface area contributed by atoms with E-state index in [4.69, 9.17) is 4.74 Å². The summed E-state index contributed by atoms with van der Waals surface area (Å²) in [7, 11) is 0. The van der Waals surface area contributed by atoms with Crippen LogP contribution in [0.3, 0.4) is 0 Å². The molecule has 0 aliphatic rings. The van der Waals surface area contributed by atoms with Gasteiger partial charge in [0.2, 0.25) is 0 Å². The number of aromatic nitrogens is 1. The van der Waals surface area contributed by atoms with E-state index in [9.17, 15) is 5.11 Å². The zero-order chi connectivity index (χ0) is 15.5. The summed E-state index contributed by atoms with van der Waals surface area (Å²) in [5, 5.41) is 11.2. The van der Waals surface area contributed by atoms with Crippen molar-refractivity contribution < 1.29 is 9.84 Å². The second-order valence-corrected chi connectivity index (χ2v) is 6.00. The number of fused-ring (bicyclic) bond motifs is 1. The van der Waals surface area contributed by atoms with Crippen LogP contribution in [0.25, 0.3) is 10.2 Å². The summed E-state index contributed by atoms with van der Waals surface area (Å²) in [6.45, 7) is 4.38. The molecule has 0 saturated carbocycles. The molecule has 0 radical (unpaired) electrons. The smallest absolute Gasteiger partial charge is 0.166 e. The number of hydrogen-bond acceptors (Lipinski definition) is 5. The van der Waals surface area contributed by atoms with Crippen molar-refractivity contribution in [2.45, 2.75) is 13.8 Å². The third kappa shape index (κ3) is 2.94. The zero-order valence-electron chi connectivity index (χ0n) is 12.4. The number of hydrogen-bond donors (Lipinski definition) is 1. The van der Waals surface area contributed by atoms with E-state index in [0.29, 0.717) is 17.9 Å². The highest BCUT2D eigenvalue weighted by atomic mass is 32.1. The predicted molar refractivity (Wildman–Crippen MR) is 90.9 cm³/mol. The molecular weight excluding hydrogens is 296 g/mol. The fraction of sp³-hybridized carbons (Fsp3) is 0.176. The van der Waals surface area contributed by atoms with E-state index in [1.165, 1.54) is 0 Å². The van der Waals surface area contributed by atoms with Gasteiger partial charge in [-0.15, -0.1) is 11.3 Å². The zero-order valence-corrected chi connectivity index (χ0v) is 13.2. The van der Waals surface area contributed by atoms with Gasteiger partial charge in [0, 0.05) is 11.8 Å². The second-order valence-electron chi connectivity index (χ2n) is 4.77. The first-order valence-electron chi connectivity index (χ1n) is 7.03. The Hall–Kier alpha value is -2.40. The lowest BCUT2D eigenvalue weighted by Crippen LogP contribution is -1.93. The van der Waals surface area contributed by atoms with Gasteiger partial charge in [-0.05, 0) is 44.2 Å². The third-order valence-corrected chi connectivity index (χ3v) is 4.10. The van der Waals surface area contributed by atoms with E-state index in [-0.39, 0.29) is 5.75 Å². The lowest BCUT2D eigenvalue weighted by molar-refractivity contribution is 0.318. The molecule has 0 amide bonds. The van der Waals surface area contributed by atoms with Crippen LogP contribution in [-0.4, -0.2) is 22.9 Å². The summed E-state index contributed by atoms with van der Waals surface area (Å²) in [5.74, 6) is 0.586. The van der Waals surface area contributed by atoms with Crippen LogP contribution in [0, 0.1) is 6.92 Å². The molecule has 2 aromatic carbocycles. The molecule has 0 unspecified atom stereocenters. The molecule has 1 N–H and O–H groups in total. The monoisotopic (exact) mass is 312 g/mol. The van der Waals surface area contributed by atoms with Crippen molar-refractivity contribution in [3.63, 3.8) is 0 Å². The Balaban J connectivity index is 1.90. The van der Waals surface area contributed by atoms with Crippen molar-refractivity contribution in [2.24, 2.45) is 4.99 Å². The van der Waals surface area contributed by atoms with Gasteiger partial charge < -0.3 is 9.84 Å². The molecule has 3 aromatic rings. The highest BCUT2D eigenvalue weighted by Gasteiger charge is 2.06. The van der Waals surface area contributed by atoms with E-state index in [1.54, 1.807) is 29.7 Å². The lowest BCUT2D eigenvalue weighted by Gasteiger charge is -2.07. The summed E-state index contributed by atoms with van der Waals surface area (Å²) in [5.41, 5.74) is 2.45. The first-order chi connectivity index (χ1) is 10.7. The lowest BCUT2D eigenvalue weighted by atomic mass is 10.2. The van der Waals surface area contributed by atoms with Crippen molar-refractivity contribution in [1.29, 1.82) is 0 Å². The Bertz CT molecular complexity index is 840. The highest BCUT2D eigenvalue weighted by Crippen LogP contribution is 2.30.